The third-order valence-corrected chi connectivity index (χ3v) is 4.25. The lowest BCUT2D eigenvalue weighted by Crippen LogP contribution is -2.11. The van der Waals surface area contributed by atoms with Gasteiger partial charge >= 0.3 is 5.97 Å². The van der Waals surface area contributed by atoms with Crippen molar-refractivity contribution in [2.24, 2.45) is 5.16 Å². The van der Waals surface area contributed by atoms with Crippen LogP contribution in [0.25, 0.3) is 0 Å². The predicted molar refractivity (Wildman–Crippen MR) is 98.8 cm³/mol. The number of carbonyl (C=O) groups excluding carboxylic acids is 2. The van der Waals surface area contributed by atoms with Gasteiger partial charge in [-0.25, -0.2) is 4.79 Å². The Hall–Kier alpha value is -2.64. The molecule has 0 unspecified atom stereocenters. The third-order valence-electron chi connectivity index (χ3n) is 3.18. The lowest BCUT2D eigenvalue weighted by Gasteiger charge is -2.10. The Morgan fingerprint density at radius 1 is 1.08 bits per heavy atom. The number of Topliss-reactive ketones (excluding diaryl/α,β-unsaturated/α-hetero) is 1. The van der Waals surface area contributed by atoms with Crippen molar-refractivity contribution in [3.8, 4) is 5.75 Å². The van der Waals surface area contributed by atoms with Gasteiger partial charge < -0.3 is 14.7 Å². The first-order valence-electron chi connectivity index (χ1n) is 7.88. The molecule has 0 bridgehead atoms. The Morgan fingerprint density at radius 2 is 1.77 bits per heavy atom. The number of benzene rings is 2. The van der Waals surface area contributed by atoms with E-state index in [1.54, 1.807) is 12.1 Å². The Morgan fingerprint density at radius 3 is 2.42 bits per heavy atom. The van der Waals surface area contributed by atoms with Crippen molar-refractivity contribution in [3.05, 3.63) is 54.1 Å². The van der Waals surface area contributed by atoms with Gasteiger partial charge in [-0.2, -0.15) is 0 Å². The summed E-state index contributed by atoms with van der Waals surface area (Å²) in [6.07, 6.45) is 0. The molecule has 0 saturated heterocycles. The van der Waals surface area contributed by atoms with E-state index in [1.165, 1.54) is 25.6 Å². The second kappa shape index (κ2) is 9.74. The van der Waals surface area contributed by atoms with Crippen LogP contribution in [0.15, 0.2) is 63.5 Å². The molecule has 7 heteroatoms. The highest BCUT2D eigenvalue weighted by molar-refractivity contribution is 7.99. The second-order valence-corrected chi connectivity index (χ2v) is 6.35. The van der Waals surface area contributed by atoms with Crippen LogP contribution in [-0.4, -0.2) is 35.8 Å². The fourth-order valence-electron chi connectivity index (χ4n) is 1.99. The molecule has 26 heavy (non-hydrogen) atoms. The lowest BCUT2D eigenvalue weighted by molar-refractivity contribution is -0.140. The number of aliphatic hydroxyl groups is 1. The average Bonchev–Trinajstić information content (AvgIpc) is 2.65. The summed E-state index contributed by atoms with van der Waals surface area (Å²) in [5, 5.41) is 12.4. The highest BCUT2D eigenvalue weighted by Crippen LogP contribution is 2.34. The number of ketones is 1. The molecule has 6 nitrogen and oxygen atoms in total. The van der Waals surface area contributed by atoms with Crippen LogP contribution in [0.3, 0.4) is 0 Å². The molecule has 0 amide bonds. The van der Waals surface area contributed by atoms with E-state index in [-0.39, 0.29) is 24.7 Å². The molecule has 2 aromatic carbocycles. The van der Waals surface area contributed by atoms with Crippen LogP contribution in [0.4, 0.5) is 0 Å². The molecule has 0 atom stereocenters. The van der Waals surface area contributed by atoms with Crippen molar-refractivity contribution in [3.63, 3.8) is 0 Å². The zero-order chi connectivity index (χ0) is 18.9. The Balaban J connectivity index is 2.09. The van der Waals surface area contributed by atoms with Crippen molar-refractivity contribution in [1.29, 1.82) is 0 Å². The summed E-state index contributed by atoms with van der Waals surface area (Å²) in [5.41, 5.74) is 0.552. The van der Waals surface area contributed by atoms with Crippen LogP contribution in [0.2, 0.25) is 0 Å². The number of oxime groups is 1. The predicted octanol–water partition coefficient (Wildman–Crippen LogP) is 3.33. The van der Waals surface area contributed by atoms with Crippen LogP contribution < -0.4 is 4.74 Å². The molecule has 0 aliphatic carbocycles. The quantitative estimate of drug-likeness (QED) is 0.331. The van der Waals surface area contributed by atoms with Gasteiger partial charge in [-0.15, -0.1) is 0 Å². The Kier molecular flexibility index (Phi) is 7.37. The summed E-state index contributed by atoms with van der Waals surface area (Å²) in [7, 11) is 0. The van der Waals surface area contributed by atoms with Gasteiger partial charge in [-0.1, -0.05) is 29.1 Å². The summed E-state index contributed by atoms with van der Waals surface area (Å²) >= 11 is 1.49. The second-order valence-electron chi connectivity index (χ2n) is 5.23. The maximum Gasteiger partial charge on any atom is 0.331 e. The third kappa shape index (κ3) is 5.72. The average molecular weight is 373 g/mol. The van der Waals surface area contributed by atoms with Gasteiger partial charge in [-0.3, -0.25) is 4.79 Å². The maximum absolute atomic E-state index is 12.2. The standard InChI is InChI=1S/C19H19NO5S/c1-13(20-25-14(2)22)19(23)15-7-9-16(10-8-15)26-18-6-4-3-5-17(18)24-12-11-21/h3-10,21H,11-12H2,1-2H3. The van der Waals surface area contributed by atoms with Gasteiger partial charge in [0.2, 0.25) is 5.78 Å². The minimum absolute atomic E-state index is 0.0515. The van der Waals surface area contributed by atoms with Crippen molar-refractivity contribution in [2.75, 3.05) is 13.2 Å². The molecule has 0 aromatic heterocycles. The molecule has 0 fully saturated rings. The van der Waals surface area contributed by atoms with Crippen molar-refractivity contribution in [1.82, 2.24) is 0 Å². The topological polar surface area (TPSA) is 85.2 Å². The van der Waals surface area contributed by atoms with Crippen molar-refractivity contribution in [2.45, 2.75) is 23.6 Å². The SMILES string of the molecule is CC(=O)ON=C(C)C(=O)c1ccc(Sc2ccccc2OCCO)cc1. The number of hydrogen-bond acceptors (Lipinski definition) is 7. The van der Waals surface area contributed by atoms with E-state index >= 15 is 0 Å². The van der Waals surface area contributed by atoms with E-state index in [0.29, 0.717) is 11.3 Å². The van der Waals surface area contributed by atoms with Gasteiger partial charge in [-0.05, 0) is 43.3 Å². The first-order valence-corrected chi connectivity index (χ1v) is 8.70. The highest BCUT2D eigenvalue weighted by atomic mass is 32.2. The van der Waals surface area contributed by atoms with Crippen LogP contribution >= 0.6 is 11.8 Å². The molecular formula is C19H19NO5S. The normalized spacial score (nSPS) is 11.1. The number of para-hydroxylation sites is 1. The van der Waals surface area contributed by atoms with Gasteiger partial charge in [0.25, 0.3) is 0 Å². The largest absolute Gasteiger partial charge is 0.490 e. The van der Waals surface area contributed by atoms with E-state index in [2.05, 4.69) is 9.99 Å². The number of hydrogen-bond donors (Lipinski definition) is 1. The molecule has 0 heterocycles. The zero-order valence-electron chi connectivity index (χ0n) is 14.5. The number of ether oxygens (including phenoxy) is 1. The van der Waals surface area contributed by atoms with E-state index in [1.807, 2.05) is 36.4 Å². The number of rotatable bonds is 8. The molecule has 2 aromatic rings. The molecule has 2 rings (SSSR count). The minimum Gasteiger partial charge on any atom is -0.490 e. The minimum atomic E-state index is -0.578. The fourth-order valence-corrected chi connectivity index (χ4v) is 2.89. The number of carbonyl (C=O) groups is 2. The van der Waals surface area contributed by atoms with Crippen LogP contribution in [-0.2, 0) is 9.63 Å². The van der Waals surface area contributed by atoms with Crippen LogP contribution in [0.5, 0.6) is 5.75 Å². The Bertz CT molecular complexity index is 802. The number of aliphatic hydroxyl groups excluding tert-OH is 1. The summed E-state index contributed by atoms with van der Waals surface area (Å²) in [4.78, 5) is 29.3. The van der Waals surface area contributed by atoms with E-state index in [9.17, 15) is 9.59 Å². The van der Waals surface area contributed by atoms with E-state index < -0.39 is 5.97 Å². The summed E-state index contributed by atoms with van der Waals surface area (Å²) in [5.74, 6) is -0.198. The van der Waals surface area contributed by atoms with E-state index in [0.717, 1.165) is 9.79 Å². The fraction of sp³-hybridized carbons (Fsp3) is 0.211. The smallest absolute Gasteiger partial charge is 0.331 e. The van der Waals surface area contributed by atoms with Crippen molar-refractivity contribution >= 4 is 29.2 Å². The molecular weight excluding hydrogens is 354 g/mol. The Labute approximate surface area is 155 Å². The summed E-state index contributed by atoms with van der Waals surface area (Å²) in [6.45, 7) is 2.88. The lowest BCUT2D eigenvalue weighted by atomic mass is 10.1. The number of nitrogens with zero attached hydrogens (tertiary/aromatic N) is 1. The van der Waals surface area contributed by atoms with E-state index in [4.69, 9.17) is 9.84 Å². The van der Waals surface area contributed by atoms with Gasteiger partial charge in [0.1, 0.15) is 18.1 Å². The molecule has 0 radical (unpaired) electrons. The molecule has 0 aliphatic heterocycles. The maximum atomic E-state index is 12.2. The van der Waals surface area contributed by atoms with Crippen molar-refractivity contribution < 1.29 is 24.3 Å². The van der Waals surface area contributed by atoms with Crippen LogP contribution in [0.1, 0.15) is 24.2 Å². The first kappa shape index (κ1) is 19.7. The van der Waals surface area contributed by atoms with Gasteiger partial charge in [0.05, 0.1) is 11.5 Å². The van der Waals surface area contributed by atoms with Gasteiger partial charge in [0.15, 0.2) is 0 Å². The highest BCUT2D eigenvalue weighted by Gasteiger charge is 2.12. The monoisotopic (exact) mass is 373 g/mol. The molecule has 0 aliphatic rings. The summed E-state index contributed by atoms with van der Waals surface area (Å²) < 4.78 is 5.52. The van der Waals surface area contributed by atoms with Gasteiger partial charge in [0, 0.05) is 17.4 Å². The summed E-state index contributed by atoms with van der Waals surface area (Å²) in [6, 6.07) is 14.5. The molecule has 1 N–H and O–H groups in total. The molecule has 0 spiro atoms. The van der Waals surface area contributed by atoms with Crippen LogP contribution in [0, 0.1) is 0 Å². The molecule has 0 saturated carbocycles. The first-order chi connectivity index (χ1) is 12.5. The molecule has 136 valence electrons. The zero-order valence-corrected chi connectivity index (χ0v) is 15.3.